The number of aliphatic carboxylic acids is 2. The molecule has 0 radical (unpaired) electrons. The van der Waals surface area contributed by atoms with Crippen LogP contribution in [0.2, 0.25) is 13.3 Å². The van der Waals surface area contributed by atoms with Gasteiger partial charge in [-0.25, -0.2) is 4.79 Å². The number of hydroxylamine groups is 2. The first-order chi connectivity index (χ1) is 31.9. The monoisotopic (exact) mass is 1050 g/mol. The minimum absolute atomic E-state index is 0.0246. The van der Waals surface area contributed by atoms with Crippen LogP contribution in [0.1, 0.15) is 145 Å². The molecule has 2 unspecified atom stereocenters. The van der Waals surface area contributed by atoms with Gasteiger partial charge in [0, 0.05) is 12.1 Å². The fourth-order valence-corrected chi connectivity index (χ4v) is 23.6. The van der Waals surface area contributed by atoms with E-state index < -0.39 is 103 Å². The normalized spacial score (nSPS) is 13.7. The zero-order valence-corrected chi connectivity index (χ0v) is 42.4. The number of nitrogens with zero attached hydrogens (tertiary/aromatic N) is 1. The minimum Gasteiger partial charge on any atom is -0.480 e. The summed E-state index contributed by atoms with van der Waals surface area (Å²) in [5.41, 5.74) is 0.502. The number of benzene rings is 1. The number of allylic oxidation sites excluding steroid dienone is 2. The number of unbranched alkanes of at least 4 members (excludes halogenated alkanes) is 4. The van der Waals surface area contributed by atoms with Crippen LogP contribution in [0, 0.1) is 0 Å². The third-order valence-corrected chi connectivity index (χ3v) is 26.9. The minimum atomic E-state index is -3.39. The van der Waals surface area contributed by atoms with Gasteiger partial charge in [-0.1, -0.05) is 25.2 Å². The summed E-state index contributed by atoms with van der Waals surface area (Å²) in [7, 11) is 0. The fraction of sp³-hybridized carbons (Fsp3) is 0.574. The Kier molecular flexibility index (Phi) is 26.3. The Morgan fingerprint density at radius 1 is 0.731 bits per heavy atom. The summed E-state index contributed by atoms with van der Waals surface area (Å²) in [5, 5.41) is 31.7. The first kappa shape index (κ1) is 57.5. The van der Waals surface area contributed by atoms with Crippen LogP contribution in [-0.4, -0.2) is 125 Å². The van der Waals surface area contributed by atoms with E-state index in [0.29, 0.717) is 23.5 Å². The molecule has 1 saturated heterocycles. The standard InChI is InChI=1S/C35H43N6O13.3C4H9.Sn/c1-3-5-9-21(4-2)31(48)36-17-7-6-12-25(34(51)52)40-27(43)20-38-33(50)24(13-16-30(46)47)39-26(42)19-37-32(49)22-10-8-11-23(18-22)35(53)54-41-28(44)14-15-29(41)45;3*1-3-4-2;/h4-5,9-11,18,24-25H,3,6-7,12-17,19-20H2,1-2H3,(H,36,48)(H,37,49)(H,38,50)(H,39,42)(H,40,43)(H,46,47)(H,51,52);3*1,3-4H2,2H3;/b9-5-,21-4+;;;;. The van der Waals surface area contributed by atoms with Crippen molar-refractivity contribution in [1.29, 1.82) is 0 Å². The predicted octanol–water partition coefficient (Wildman–Crippen LogP) is 3.93. The van der Waals surface area contributed by atoms with Gasteiger partial charge in [-0.05, 0) is 32.6 Å². The number of amides is 7. The van der Waals surface area contributed by atoms with E-state index >= 15 is 0 Å². The molecule has 370 valence electrons. The van der Waals surface area contributed by atoms with Crippen LogP contribution in [0.3, 0.4) is 0 Å². The van der Waals surface area contributed by atoms with Crippen molar-refractivity contribution in [1.82, 2.24) is 31.6 Å². The predicted molar refractivity (Wildman–Crippen MR) is 251 cm³/mol. The Balaban J connectivity index is 2.20. The zero-order valence-electron chi connectivity index (χ0n) is 39.6. The molecule has 2 rings (SSSR count). The number of carbonyl (C=O) groups excluding carboxylic acids is 8. The summed E-state index contributed by atoms with van der Waals surface area (Å²) in [6, 6.07) is 1.97. The number of carboxylic acids is 2. The molecule has 0 bridgehead atoms. The van der Waals surface area contributed by atoms with E-state index in [0.717, 1.165) is 61.8 Å². The summed E-state index contributed by atoms with van der Waals surface area (Å²) >= 11 is -3.39. The van der Waals surface area contributed by atoms with Crippen LogP contribution < -0.4 is 30.2 Å². The molecule has 1 fully saturated rings. The molecule has 7 N–H and O–H groups in total. The van der Waals surface area contributed by atoms with Crippen molar-refractivity contribution in [3.05, 3.63) is 53.1 Å². The Morgan fingerprint density at radius 2 is 1.30 bits per heavy atom. The fourth-order valence-electron chi connectivity index (χ4n) is 7.49. The van der Waals surface area contributed by atoms with Gasteiger partial charge in [-0.2, -0.15) is 0 Å². The van der Waals surface area contributed by atoms with Crippen molar-refractivity contribution in [3.63, 3.8) is 0 Å². The average molecular weight is 1050 g/mol. The van der Waals surface area contributed by atoms with E-state index in [9.17, 15) is 58.2 Å². The number of carbonyl (C=O) groups is 10. The van der Waals surface area contributed by atoms with Crippen molar-refractivity contribution in [2.75, 3.05) is 19.6 Å². The maximum atomic E-state index is 13.8. The van der Waals surface area contributed by atoms with Crippen molar-refractivity contribution in [2.45, 2.75) is 150 Å². The maximum Gasteiger partial charge on any atom is 0.326 e. The van der Waals surface area contributed by atoms with E-state index in [1.165, 1.54) is 6.07 Å². The average Bonchev–Trinajstić information content (AvgIpc) is 3.62. The molecule has 1 aromatic rings. The zero-order chi connectivity index (χ0) is 49.9. The molecular weight excluding hydrogens is 975 g/mol. The second kappa shape index (κ2) is 30.6. The molecule has 0 saturated carbocycles. The SMILES string of the molecule is C/C=C(\C=C/CC)C(=O)NCCCCC(NC(=O)CNC(=O)C(CCC(=O)O)NC(=O)CNC(=O)c1cc(C(=O)ON2C(=O)CCC2=O)c[c]([Sn]([CH2]CCC)([CH2]CCC)[CH2]CCC)c1)C(=O)O. The molecule has 1 aliphatic heterocycles. The van der Waals surface area contributed by atoms with Crippen molar-refractivity contribution < 1.29 is 63.0 Å². The topological polar surface area (TPSA) is 284 Å². The van der Waals surface area contributed by atoms with Crippen molar-refractivity contribution in [2.24, 2.45) is 0 Å². The van der Waals surface area contributed by atoms with Gasteiger partial charge in [0.05, 0.1) is 0 Å². The van der Waals surface area contributed by atoms with Crippen LogP contribution in [0.4, 0.5) is 0 Å². The van der Waals surface area contributed by atoms with Gasteiger partial charge in [0.25, 0.3) is 5.91 Å². The van der Waals surface area contributed by atoms with E-state index in [4.69, 9.17) is 4.84 Å². The van der Waals surface area contributed by atoms with E-state index in [1.807, 2.05) is 13.0 Å². The molecular formula is C47H70N6O13Sn. The summed E-state index contributed by atoms with van der Waals surface area (Å²) < 4.78 is 3.80. The Morgan fingerprint density at radius 3 is 1.84 bits per heavy atom. The number of rotatable bonds is 32. The maximum absolute atomic E-state index is 13.8. The molecule has 20 heteroatoms. The molecule has 1 aromatic carbocycles. The first-order valence-electron chi connectivity index (χ1n) is 23.4. The largest absolute Gasteiger partial charge is 0.480 e. The van der Waals surface area contributed by atoms with Gasteiger partial charge in [-0.3, -0.25) is 14.4 Å². The van der Waals surface area contributed by atoms with Crippen molar-refractivity contribution in [3.8, 4) is 0 Å². The third-order valence-electron chi connectivity index (χ3n) is 11.3. The van der Waals surface area contributed by atoms with Gasteiger partial charge in [0.2, 0.25) is 5.91 Å². The van der Waals surface area contributed by atoms with E-state index in [-0.39, 0.29) is 49.3 Å². The Bertz CT molecular complexity index is 1950. The quantitative estimate of drug-likeness (QED) is 0.0177. The Labute approximate surface area is 396 Å². The summed E-state index contributed by atoms with van der Waals surface area (Å²) in [5.74, 6) is -8.59. The van der Waals surface area contributed by atoms with E-state index in [1.54, 1.807) is 31.2 Å². The molecule has 0 spiro atoms. The molecule has 0 aliphatic carbocycles. The van der Waals surface area contributed by atoms with Crippen LogP contribution in [-0.2, 0) is 43.2 Å². The number of hydrogen-bond acceptors (Lipinski definition) is 11. The number of carboxylic acid groups (broad SMARTS) is 2. The van der Waals surface area contributed by atoms with Crippen LogP contribution in [0.15, 0.2) is 42.0 Å². The van der Waals surface area contributed by atoms with Gasteiger partial charge < -0.3 is 20.8 Å². The van der Waals surface area contributed by atoms with Crippen LogP contribution in [0.25, 0.3) is 0 Å². The molecule has 7 amide bonds. The second-order valence-corrected chi connectivity index (χ2v) is 29.8. The number of nitrogens with one attached hydrogen (secondary N) is 5. The van der Waals surface area contributed by atoms with Gasteiger partial charge in [0.1, 0.15) is 6.04 Å². The third kappa shape index (κ3) is 20.0. The van der Waals surface area contributed by atoms with E-state index in [2.05, 4.69) is 47.4 Å². The van der Waals surface area contributed by atoms with Crippen molar-refractivity contribution >= 4 is 81.2 Å². The first-order valence-corrected chi connectivity index (χ1v) is 30.9. The van der Waals surface area contributed by atoms with Gasteiger partial charge in [0.15, 0.2) is 0 Å². The number of imide groups is 1. The summed E-state index contributed by atoms with van der Waals surface area (Å²) in [6.07, 6.45) is 11.4. The summed E-state index contributed by atoms with van der Waals surface area (Å²) in [6.45, 7) is 8.89. The van der Waals surface area contributed by atoms with Gasteiger partial charge in [-0.15, -0.1) is 0 Å². The summed E-state index contributed by atoms with van der Waals surface area (Å²) in [4.78, 5) is 132. The number of hydrogen-bond donors (Lipinski definition) is 7. The molecule has 0 aromatic heterocycles. The molecule has 1 heterocycles. The smallest absolute Gasteiger partial charge is 0.326 e. The molecule has 2 atom stereocenters. The van der Waals surface area contributed by atoms with Crippen LogP contribution in [0.5, 0.6) is 0 Å². The molecule has 1 aliphatic rings. The molecule has 19 nitrogen and oxygen atoms in total. The Hall–Kier alpha value is -5.60. The molecule has 67 heavy (non-hydrogen) atoms. The van der Waals surface area contributed by atoms with Gasteiger partial charge >= 0.3 is 271 Å². The second-order valence-electron chi connectivity index (χ2n) is 16.6. The van der Waals surface area contributed by atoms with Crippen LogP contribution >= 0.6 is 0 Å².